The van der Waals surface area contributed by atoms with Crippen LogP contribution < -0.4 is 11.5 Å². The summed E-state index contributed by atoms with van der Waals surface area (Å²) in [6, 6.07) is 5.45. The number of nitrogen functional groups attached to an aromatic ring is 2. The Bertz CT molecular complexity index is 747. The van der Waals surface area contributed by atoms with Gasteiger partial charge in [0.05, 0.1) is 11.2 Å². The fourth-order valence-electron chi connectivity index (χ4n) is 1.67. The van der Waals surface area contributed by atoms with Gasteiger partial charge in [0.15, 0.2) is 11.5 Å². The molecule has 3 rings (SSSR count). The van der Waals surface area contributed by atoms with Gasteiger partial charge in [-0.2, -0.15) is 10.2 Å². The predicted octanol–water partition coefficient (Wildman–Crippen LogP) is 1.27. The minimum atomic E-state index is 0.210. The second kappa shape index (κ2) is 4.05. The van der Waals surface area contributed by atoms with Crippen molar-refractivity contribution < 1.29 is 0 Å². The average molecular weight is 257 g/mol. The van der Waals surface area contributed by atoms with Gasteiger partial charge >= 0.3 is 0 Å². The Morgan fingerprint density at radius 3 is 2.84 bits per heavy atom. The number of aryl methyl sites for hydroxylation is 1. The van der Waals surface area contributed by atoms with E-state index in [1.165, 1.54) is 0 Å². The molecule has 2 aromatic heterocycles. The molecule has 2 heterocycles. The normalized spacial score (nSPS) is 11.6. The van der Waals surface area contributed by atoms with Crippen LogP contribution in [0.3, 0.4) is 0 Å². The molecule has 0 radical (unpaired) electrons. The van der Waals surface area contributed by atoms with Crippen molar-refractivity contribution in [1.29, 1.82) is 0 Å². The molecular weight excluding hydrogens is 246 g/mol. The maximum atomic E-state index is 5.62. The summed E-state index contributed by atoms with van der Waals surface area (Å²) in [7, 11) is 1.82. The molecule has 0 saturated heterocycles. The average Bonchev–Trinajstić information content (AvgIpc) is 2.92. The molecule has 0 bridgehead atoms. The Labute approximate surface area is 107 Å². The zero-order valence-corrected chi connectivity index (χ0v) is 10.1. The van der Waals surface area contributed by atoms with Gasteiger partial charge in [-0.15, -0.1) is 10.2 Å². The smallest absolute Gasteiger partial charge is 0.175 e. The van der Waals surface area contributed by atoms with E-state index < -0.39 is 0 Å². The molecule has 96 valence electrons. The first-order chi connectivity index (χ1) is 9.15. The molecule has 0 aliphatic heterocycles. The molecule has 3 aromatic rings. The van der Waals surface area contributed by atoms with Gasteiger partial charge in [-0.3, -0.25) is 5.10 Å². The van der Waals surface area contributed by atoms with Crippen molar-refractivity contribution in [3.8, 4) is 0 Å². The zero-order valence-electron chi connectivity index (χ0n) is 10.1. The Hall–Kier alpha value is -2.97. The molecule has 0 aliphatic carbocycles. The highest BCUT2D eigenvalue weighted by Gasteiger charge is 2.07. The van der Waals surface area contributed by atoms with Crippen molar-refractivity contribution in [3.05, 3.63) is 18.2 Å². The van der Waals surface area contributed by atoms with E-state index in [-0.39, 0.29) is 11.6 Å². The van der Waals surface area contributed by atoms with E-state index in [0.29, 0.717) is 11.4 Å². The first-order valence-corrected chi connectivity index (χ1v) is 5.45. The molecule has 0 unspecified atom stereocenters. The lowest BCUT2D eigenvalue weighted by Gasteiger charge is -1.94. The molecule has 1 aromatic carbocycles. The minimum Gasteiger partial charge on any atom is -0.382 e. The van der Waals surface area contributed by atoms with Crippen molar-refractivity contribution in [2.45, 2.75) is 0 Å². The van der Waals surface area contributed by atoms with Crippen LogP contribution in [0.5, 0.6) is 0 Å². The number of nitrogens with one attached hydrogen (secondary N) is 1. The molecule has 0 fully saturated rings. The summed E-state index contributed by atoms with van der Waals surface area (Å²) in [6.45, 7) is 0. The summed E-state index contributed by atoms with van der Waals surface area (Å²) < 4.78 is 1.68. The monoisotopic (exact) mass is 257 g/mol. The van der Waals surface area contributed by atoms with Gasteiger partial charge in [0.1, 0.15) is 11.3 Å². The number of fused-ring (bicyclic) bond motifs is 1. The number of rotatable bonds is 2. The van der Waals surface area contributed by atoms with Crippen molar-refractivity contribution in [1.82, 2.24) is 25.2 Å². The van der Waals surface area contributed by atoms with Gasteiger partial charge in [-0.1, -0.05) is 5.21 Å². The lowest BCUT2D eigenvalue weighted by Crippen LogP contribution is -1.88. The summed E-state index contributed by atoms with van der Waals surface area (Å²) >= 11 is 0. The molecule has 9 nitrogen and oxygen atoms in total. The summed E-state index contributed by atoms with van der Waals surface area (Å²) in [4.78, 5) is 0. The number of nitrogens with zero attached hydrogens (tertiary/aromatic N) is 6. The lowest BCUT2D eigenvalue weighted by atomic mass is 10.3. The Balaban J connectivity index is 1.97. The van der Waals surface area contributed by atoms with E-state index in [9.17, 15) is 0 Å². The molecule has 0 aliphatic rings. The first kappa shape index (κ1) is 11.1. The Morgan fingerprint density at radius 2 is 2.11 bits per heavy atom. The van der Waals surface area contributed by atoms with E-state index in [2.05, 4.69) is 30.7 Å². The van der Waals surface area contributed by atoms with Crippen molar-refractivity contribution in [2.75, 3.05) is 11.5 Å². The van der Waals surface area contributed by atoms with Crippen LogP contribution in [0.2, 0.25) is 0 Å². The number of H-pyrrole nitrogens is 1. The molecule has 0 amide bonds. The molecule has 0 atom stereocenters. The lowest BCUT2D eigenvalue weighted by molar-refractivity contribution is 0.736. The Kier molecular flexibility index (Phi) is 2.37. The standard InChI is InChI=1S/C10H11N9/c1-19-7-3-2-5(4-6(7)14-18-19)13-15-8-9(11)16-17-10(8)12/h2-4H,1H3,(H5,11,12,16,17). The van der Waals surface area contributed by atoms with Gasteiger partial charge in [-0.25, -0.2) is 4.68 Å². The van der Waals surface area contributed by atoms with E-state index >= 15 is 0 Å². The van der Waals surface area contributed by atoms with E-state index in [4.69, 9.17) is 11.5 Å². The summed E-state index contributed by atoms with van der Waals surface area (Å²) in [5.41, 5.74) is 13.8. The van der Waals surface area contributed by atoms with Crippen molar-refractivity contribution in [3.63, 3.8) is 0 Å². The van der Waals surface area contributed by atoms with Crippen molar-refractivity contribution in [2.24, 2.45) is 17.3 Å². The van der Waals surface area contributed by atoms with Crippen molar-refractivity contribution >= 4 is 34.0 Å². The largest absolute Gasteiger partial charge is 0.382 e. The van der Waals surface area contributed by atoms with Gasteiger partial charge in [0.2, 0.25) is 0 Å². The second-order valence-electron chi connectivity index (χ2n) is 3.96. The summed E-state index contributed by atoms with van der Waals surface area (Å²) in [5, 5.41) is 22.2. The van der Waals surface area contributed by atoms with Crippen LogP contribution >= 0.6 is 0 Å². The third-order valence-electron chi connectivity index (χ3n) is 2.65. The van der Waals surface area contributed by atoms with Gasteiger partial charge < -0.3 is 11.5 Å². The van der Waals surface area contributed by atoms with Crippen LogP contribution in [-0.4, -0.2) is 25.2 Å². The van der Waals surface area contributed by atoms with E-state index in [0.717, 1.165) is 11.0 Å². The van der Waals surface area contributed by atoms with Gasteiger partial charge in [0, 0.05) is 7.05 Å². The number of hydrogen-bond acceptors (Lipinski definition) is 7. The number of anilines is 2. The zero-order chi connectivity index (χ0) is 13.4. The molecule has 9 heteroatoms. The van der Waals surface area contributed by atoms with Crippen LogP contribution in [0.15, 0.2) is 28.4 Å². The summed E-state index contributed by atoms with van der Waals surface area (Å²) in [6.07, 6.45) is 0. The number of aromatic nitrogens is 5. The third kappa shape index (κ3) is 1.86. The Morgan fingerprint density at radius 1 is 1.26 bits per heavy atom. The summed E-state index contributed by atoms with van der Waals surface area (Å²) in [5.74, 6) is 0.490. The number of nitrogens with two attached hydrogens (primary N) is 2. The van der Waals surface area contributed by atoms with Crippen LogP contribution in [0.1, 0.15) is 0 Å². The highest BCUT2D eigenvalue weighted by molar-refractivity contribution is 5.78. The van der Waals surface area contributed by atoms with Gasteiger partial charge in [0.25, 0.3) is 0 Å². The molecule has 0 spiro atoms. The number of aromatic amines is 1. The number of benzene rings is 1. The fraction of sp³-hybridized carbons (Fsp3) is 0.100. The first-order valence-electron chi connectivity index (χ1n) is 5.45. The van der Waals surface area contributed by atoms with Crippen LogP contribution in [0.4, 0.5) is 23.0 Å². The number of hydrogen-bond donors (Lipinski definition) is 3. The quantitative estimate of drug-likeness (QED) is 0.594. The molecule has 5 N–H and O–H groups in total. The van der Waals surface area contributed by atoms with Gasteiger partial charge in [-0.05, 0) is 18.2 Å². The highest BCUT2D eigenvalue weighted by Crippen LogP contribution is 2.28. The molecule has 19 heavy (non-hydrogen) atoms. The fourth-order valence-corrected chi connectivity index (χ4v) is 1.67. The van der Waals surface area contributed by atoms with E-state index in [1.54, 1.807) is 10.7 Å². The maximum absolute atomic E-state index is 5.62. The minimum absolute atomic E-state index is 0.210. The third-order valence-corrected chi connectivity index (χ3v) is 2.65. The SMILES string of the molecule is Cn1nnc2cc(N=Nc3c(N)n[nH]c3N)ccc21. The second-order valence-corrected chi connectivity index (χ2v) is 3.96. The highest BCUT2D eigenvalue weighted by atomic mass is 15.4. The number of azo groups is 1. The molecule has 0 saturated carbocycles. The molecular formula is C10H11N9. The van der Waals surface area contributed by atoms with Crippen LogP contribution in [0, 0.1) is 0 Å². The van der Waals surface area contributed by atoms with Crippen LogP contribution in [0.25, 0.3) is 11.0 Å². The van der Waals surface area contributed by atoms with E-state index in [1.807, 2.05) is 19.2 Å². The maximum Gasteiger partial charge on any atom is 0.175 e. The predicted molar refractivity (Wildman–Crippen MR) is 70.1 cm³/mol. The van der Waals surface area contributed by atoms with Crippen LogP contribution in [-0.2, 0) is 7.05 Å². The topological polar surface area (TPSA) is 136 Å².